The molecule has 3 aromatic rings. The van der Waals surface area contributed by atoms with E-state index in [0.29, 0.717) is 0 Å². The van der Waals surface area contributed by atoms with E-state index in [0.717, 1.165) is 0 Å². The first-order valence-corrected chi connectivity index (χ1v) is 7.47. The Balaban J connectivity index is 0.000000384. The van der Waals surface area contributed by atoms with Crippen molar-refractivity contribution in [2.45, 2.75) is 20.8 Å². The van der Waals surface area contributed by atoms with Gasteiger partial charge in [-0.25, -0.2) is 0 Å². The molecule has 0 saturated carbocycles. The molecular weight excluding hydrogens is 430 g/mol. The molecule has 0 saturated heterocycles. The van der Waals surface area contributed by atoms with E-state index < -0.39 is 16.3 Å². The number of rotatable bonds is 0. The molecule has 147 valence electrons. The molecule has 3 radical (unpaired) electrons. The summed E-state index contributed by atoms with van der Waals surface area (Å²) < 4.78 is 14.1. The Morgan fingerprint density at radius 3 is 0.929 bits per heavy atom. The standard InChI is InChI=1S/3C6H6O3.Ga/c3*1-4-6(8)5(7)2-3-9-4;/h3*2-3,8H,1H3;. The normalized spacial score (nSPS) is 9.11. The zero-order chi connectivity index (χ0) is 20.6. The minimum absolute atomic E-state index is 0. The molecule has 0 aliphatic heterocycles. The molecule has 0 bridgehead atoms. The van der Waals surface area contributed by atoms with Crippen LogP contribution in [0.5, 0.6) is 17.2 Å². The van der Waals surface area contributed by atoms with Crippen LogP contribution in [0.25, 0.3) is 0 Å². The number of aromatic hydroxyl groups is 3. The molecule has 3 N–H and O–H groups in total. The van der Waals surface area contributed by atoms with Crippen LogP contribution < -0.4 is 16.3 Å². The van der Waals surface area contributed by atoms with Crippen LogP contribution in [0.1, 0.15) is 17.3 Å². The summed E-state index contributed by atoms with van der Waals surface area (Å²) in [6.07, 6.45) is 3.74. The van der Waals surface area contributed by atoms with Gasteiger partial charge in [0, 0.05) is 38.0 Å². The van der Waals surface area contributed by atoms with Crippen molar-refractivity contribution >= 4 is 19.8 Å². The molecule has 0 fully saturated rings. The van der Waals surface area contributed by atoms with Crippen molar-refractivity contribution in [2.75, 3.05) is 0 Å². The number of hydrogen-bond acceptors (Lipinski definition) is 9. The number of aryl methyl sites for hydroxylation is 3. The zero-order valence-electron chi connectivity index (χ0n) is 15.3. The average Bonchev–Trinajstić information content (AvgIpc) is 2.63. The van der Waals surface area contributed by atoms with E-state index in [4.69, 9.17) is 15.3 Å². The SMILES string of the molecule is Cc1occc(=O)c1O.Cc1occc(=O)c1O.Cc1occc(=O)c1O.[Ga]. The Morgan fingerprint density at radius 1 is 0.571 bits per heavy atom. The quantitative estimate of drug-likeness (QED) is 0.436. The third kappa shape index (κ3) is 7.25. The number of hydrogen-bond donors (Lipinski definition) is 3. The molecule has 0 aliphatic rings. The Hall–Kier alpha value is -3.11. The smallest absolute Gasteiger partial charge is 0.226 e. The van der Waals surface area contributed by atoms with Crippen LogP contribution >= 0.6 is 0 Å². The van der Waals surface area contributed by atoms with Gasteiger partial charge in [0.25, 0.3) is 0 Å². The van der Waals surface area contributed by atoms with Crippen molar-refractivity contribution in [1.29, 1.82) is 0 Å². The van der Waals surface area contributed by atoms with Gasteiger partial charge in [0.05, 0.1) is 18.8 Å². The summed E-state index contributed by atoms with van der Waals surface area (Å²) in [6.45, 7) is 4.57. The van der Waals surface area contributed by atoms with Crippen LogP contribution in [0.4, 0.5) is 0 Å². The van der Waals surface area contributed by atoms with Gasteiger partial charge in [-0.3, -0.25) is 14.4 Å². The second kappa shape index (κ2) is 11.6. The van der Waals surface area contributed by atoms with Gasteiger partial charge in [0.15, 0.2) is 0 Å². The molecule has 0 aliphatic carbocycles. The van der Waals surface area contributed by atoms with E-state index in [2.05, 4.69) is 13.3 Å². The minimum atomic E-state index is -0.404. The molecule has 28 heavy (non-hydrogen) atoms. The Morgan fingerprint density at radius 2 is 0.786 bits per heavy atom. The molecule has 0 atom stereocenters. The van der Waals surface area contributed by atoms with Crippen LogP contribution in [0, 0.1) is 20.8 Å². The van der Waals surface area contributed by atoms with Crippen molar-refractivity contribution in [3.8, 4) is 17.2 Å². The first-order chi connectivity index (χ1) is 12.6. The van der Waals surface area contributed by atoms with E-state index in [1.54, 1.807) is 0 Å². The second-order valence-corrected chi connectivity index (χ2v) is 5.07. The molecule has 0 amide bonds. The van der Waals surface area contributed by atoms with Gasteiger partial charge in [-0.05, 0) is 20.8 Å². The molecule has 3 aromatic heterocycles. The Kier molecular flexibility index (Phi) is 10.3. The summed E-state index contributed by atoms with van der Waals surface area (Å²) in [7, 11) is 0. The van der Waals surface area contributed by atoms with Crippen molar-refractivity contribution in [2.24, 2.45) is 0 Å². The van der Waals surface area contributed by atoms with Crippen molar-refractivity contribution in [3.63, 3.8) is 0 Å². The maximum atomic E-state index is 10.5. The van der Waals surface area contributed by atoms with Gasteiger partial charge >= 0.3 is 0 Å². The van der Waals surface area contributed by atoms with Crippen LogP contribution in [0.3, 0.4) is 0 Å². The summed E-state index contributed by atoms with van der Waals surface area (Å²) in [5.74, 6) is -0.167. The van der Waals surface area contributed by atoms with Crippen LogP contribution in [0.2, 0.25) is 0 Å². The molecule has 0 unspecified atom stereocenters. The summed E-state index contributed by atoms with van der Waals surface area (Å²) in [4.78, 5) is 31.6. The largest absolute Gasteiger partial charge is 0.502 e. The summed E-state index contributed by atoms with van der Waals surface area (Å²) in [6, 6.07) is 3.51. The van der Waals surface area contributed by atoms with Gasteiger partial charge in [0.1, 0.15) is 17.3 Å². The fourth-order valence-electron chi connectivity index (χ4n) is 1.52. The molecule has 10 heteroatoms. The van der Waals surface area contributed by atoms with Crippen LogP contribution in [0.15, 0.2) is 64.6 Å². The first-order valence-electron chi connectivity index (χ1n) is 7.47. The third-order valence-electron chi connectivity index (χ3n) is 3.09. The predicted molar refractivity (Wildman–Crippen MR) is 99.9 cm³/mol. The zero-order valence-corrected chi connectivity index (χ0v) is 17.8. The fraction of sp³-hybridized carbons (Fsp3) is 0.167. The third-order valence-corrected chi connectivity index (χ3v) is 3.09. The fourth-order valence-corrected chi connectivity index (χ4v) is 1.52. The van der Waals surface area contributed by atoms with E-state index in [-0.39, 0.29) is 54.3 Å². The van der Waals surface area contributed by atoms with Gasteiger partial charge in [0.2, 0.25) is 33.5 Å². The van der Waals surface area contributed by atoms with Crippen molar-refractivity contribution in [3.05, 3.63) is 84.9 Å². The van der Waals surface area contributed by atoms with Gasteiger partial charge in [-0.2, -0.15) is 0 Å². The Bertz CT molecular complexity index is 927. The summed E-state index contributed by atoms with van der Waals surface area (Å²) in [5.41, 5.74) is -1.21. The van der Waals surface area contributed by atoms with Crippen molar-refractivity contribution in [1.82, 2.24) is 0 Å². The molecule has 0 spiro atoms. The van der Waals surface area contributed by atoms with Crippen LogP contribution in [-0.4, -0.2) is 35.1 Å². The van der Waals surface area contributed by atoms with E-state index >= 15 is 0 Å². The maximum Gasteiger partial charge on any atom is 0.226 e. The van der Waals surface area contributed by atoms with E-state index in [1.165, 1.54) is 57.8 Å². The molecule has 3 heterocycles. The van der Waals surface area contributed by atoms with Crippen LogP contribution in [-0.2, 0) is 0 Å². The second-order valence-electron chi connectivity index (χ2n) is 5.07. The maximum absolute atomic E-state index is 10.5. The van der Waals surface area contributed by atoms with Gasteiger partial charge in [-0.15, -0.1) is 0 Å². The van der Waals surface area contributed by atoms with Gasteiger partial charge < -0.3 is 28.6 Å². The Labute approximate surface area is 171 Å². The van der Waals surface area contributed by atoms with Crippen molar-refractivity contribution < 1.29 is 28.6 Å². The molecular formula is C18H18GaO9. The summed E-state index contributed by atoms with van der Waals surface area (Å²) in [5, 5.41) is 26.4. The topological polar surface area (TPSA) is 151 Å². The molecule has 3 rings (SSSR count). The predicted octanol–water partition coefficient (Wildman–Crippen LogP) is 1.58. The summed E-state index contributed by atoms with van der Waals surface area (Å²) >= 11 is 0. The average molecular weight is 448 g/mol. The molecule has 9 nitrogen and oxygen atoms in total. The molecule has 0 aromatic carbocycles. The van der Waals surface area contributed by atoms with E-state index in [9.17, 15) is 14.4 Å². The van der Waals surface area contributed by atoms with E-state index in [1.807, 2.05) is 0 Å². The van der Waals surface area contributed by atoms with Gasteiger partial charge in [-0.1, -0.05) is 0 Å². The first kappa shape index (κ1) is 24.9. The minimum Gasteiger partial charge on any atom is -0.502 e. The monoisotopic (exact) mass is 447 g/mol.